The fourth-order valence-corrected chi connectivity index (χ4v) is 5.33. The highest BCUT2D eigenvalue weighted by atomic mass is 32.1. The molecule has 1 aromatic carbocycles. The molecule has 0 radical (unpaired) electrons. The van der Waals surface area contributed by atoms with Crippen molar-refractivity contribution in [3.8, 4) is 10.6 Å². The van der Waals surface area contributed by atoms with Crippen LogP contribution in [0.25, 0.3) is 21.7 Å². The molecule has 1 amide bonds. The average molecular weight is 511 g/mol. The summed E-state index contributed by atoms with van der Waals surface area (Å²) in [5.74, 6) is 0. The van der Waals surface area contributed by atoms with Crippen LogP contribution >= 0.6 is 11.3 Å². The Labute approximate surface area is 203 Å². The number of amides is 1. The van der Waals surface area contributed by atoms with Crippen LogP contribution in [0.4, 0.5) is 24.0 Å². The van der Waals surface area contributed by atoms with Gasteiger partial charge in [-0.3, -0.25) is 4.90 Å². The molecule has 35 heavy (non-hydrogen) atoms. The Morgan fingerprint density at radius 2 is 1.94 bits per heavy atom. The number of benzene rings is 1. The Morgan fingerprint density at radius 3 is 2.51 bits per heavy atom. The second kappa shape index (κ2) is 8.37. The molecule has 2 bridgehead atoms. The first-order valence-corrected chi connectivity index (χ1v) is 12.0. The number of oxazole rings is 1. The summed E-state index contributed by atoms with van der Waals surface area (Å²) in [6, 6.07) is 2.95. The van der Waals surface area contributed by atoms with Gasteiger partial charge in [0.1, 0.15) is 16.1 Å². The fraction of sp³-hybridized carbons (Fsp3) is 0.522. The van der Waals surface area contributed by atoms with E-state index in [1.807, 2.05) is 25.7 Å². The number of fused-ring (bicyclic) bond motifs is 3. The van der Waals surface area contributed by atoms with Crippen LogP contribution in [-0.2, 0) is 9.47 Å². The summed E-state index contributed by atoms with van der Waals surface area (Å²) in [7, 11) is 1.02. The molecule has 2 aromatic heterocycles. The molecule has 3 aliphatic rings. The predicted octanol–water partition coefficient (Wildman–Crippen LogP) is 5.40. The number of hydrogen-bond acceptors (Lipinski definition) is 8. The normalized spacial score (nSPS) is 21.2. The minimum Gasteiger partial charge on any atom is -0.444 e. The lowest BCUT2D eigenvalue weighted by molar-refractivity contribution is -0.215. The van der Waals surface area contributed by atoms with E-state index in [0.29, 0.717) is 35.3 Å². The third kappa shape index (κ3) is 4.44. The number of carbonyl (C=O) groups excluding carboxylic acids is 1. The number of rotatable bonds is 4. The maximum absolute atomic E-state index is 13.6. The maximum Gasteiger partial charge on any atom is 0.418 e. The number of hydrogen-bond donors (Lipinski definition) is 0. The first-order valence-electron chi connectivity index (χ1n) is 11.1. The zero-order valence-corrected chi connectivity index (χ0v) is 20.4. The molecule has 5 heterocycles. The van der Waals surface area contributed by atoms with Crippen LogP contribution in [0.3, 0.4) is 0 Å². The monoisotopic (exact) mass is 510 g/mol. The second-order valence-electron chi connectivity index (χ2n) is 9.74. The number of thiazole rings is 1. The van der Waals surface area contributed by atoms with Crippen molar-refractivity contribution in [2.75, 3.05) is 25.1 Å². The van der Waals surface area contributed by atoms with Crippen molar-refractivity contribution in [3.05, 3.63) is 29.3 Å². The van der Waals surface area contributed by atoms with Gasteiger partial charge in [0, 0.05) is 31.8 Å². The minimum absolute atomic E-state index is 0.0456. The fourth-order valence-electron chi connectivity index (χ4n) is 4.68. The van der Waals surface area contributed by atoms with E-state index >= 15 is 0 Å². The quantitative estimate of drug-likeness (QED) is 0.465. The van der Waals surface area contributed by atoms with E-state index in [0.717, 1.165) is 13.5 Å². The lowest BCUT2D eigenvalue weighted by Gasteiger charge is -2.55. The Hall–Kier alpha value is -2.86. The Balaban J connectivity index is 1.46. The summed E-state index contributed by atoms with van der Waals surface area (Å²) in [5.41, 5.74) is 0.419. The van der Waals surface area contributed by atoms with Crippen LogP contribution in [0.2, 0.25) is 0 Å². The number of anilines is 1. The van der Waals surface area contributed by atoms with Gasteiger partial charge in [-0.15, -0.1) is 11.3 Å². The zero-order chi connectivity index (χ0) is 25.1. The SMILES string of the molecule is COC(c1cc(-c2nccs2)c2oc(N3CC4CC(C3)N4C(=O)OC(C)(C)C)nc2c1)C(F)(F)F. The third-order valence-electron chi connectivity index (χ3n) is 6.07. The third-order valence-corrected chi connectivity index (χ3v) is 6.87. The lowest BCUT2D eigenvalue weighted by Crippen LogP contribution is -2.70. The number of nitrogens with zero attached hydrogens (tertiary/aromatic N) is 4. The van der Waals surface area contributed by atoms with Gasteiger partial charge in [-0.1, -0.05) is 0 Å². The molecular formula is C23H25F3N4O4S. The molecule has 6 rings (SSSR count). The van der Waals surface area contributed by atoms with Crippen molar-refractivity contribution in [2.45, 2.75) is 57.2 Å². The van der Waals surface area contributed by atoms with Gasteiger partial charge in [0.2, 0.25) is 0 Å². The molecule has 8 nitrogen and oxygen atoms in total. The van der Waals surface area contributed by atoms with E-state index in [1.165, 1.54) is 23.5 Å². The second-order valence-corrected chi connectivity index (χ2v) is 10.6. The Kier molecular flexibility index (Phi) is 5.71. The number of piperazine rings is 1. The van der Waals surface area contributed by atoms with Gasteiger partial charge >= 0.3 is 12.3 Å². The highest BCUT2D eigenvalue weighted by Gasteiger charge is 2.50. The zero-order valence-electron chi connectivity index (χ0n) is 19.6. The summed E-state index contributed by atoms with van der Waals surface area (Å²) in [6.07, 6.45) is -4.60. The van der Waals surface area contributed by atoms with Crippen LogP contribution in [0.1, 0.15) is 38.9 Å². The van der Waals surface area contributed by atoms with Gasteiger partial charge in [-0.05, 0) is 44.9 Å². The molecule has 0 N–H and O–H groups in total. The summed E-state index contributed by atoms with van der Waals surface area (Å²) in [4.78, 5) is 25.0. The van der Waals surface area contributed by atoms with E-state index < -0.39 is 17.9 Å². The van der Waals surface area contributed by atoms with Crippen LogP contribution in [0, 0.1) is 0 Å². The molecule has 3 saturated heterocycles. The molecule has 0 saturated carbocycles. The lowest BCUT2D eigenvalue weighted by atomic mass is 9.88. The van der Waals surface area contributed by atoms with E-state index in [2.05, 4.69) is 9.97 Å². The van der Waals surface area contributed by atoms with Crippen LogP contribution in [0.5, 0.6) is 0 Å². The van der Waals surface area contributed by atoms with Gasteiger partial charge < -0.3 is 18.8 Å². The Bertz CT molecular complexity index is 1230. The predicted molar refractivity (Wildman–Crippen MR) is 123 cm³/mol. The highest BCUT2D eigenvalue weighted by Crippen LogP contribution is 2.42. The molecule has 0 aliphatic carbocycles. The van der Waals surface area contributed by atoms with Gasteiger partial charge in [0.15, 0.2) is 11.7 Å². The smallest absolute Gasteiger partial charge is 0.418 e. The molecule has 0 spiro atoms. The number of carbonyl (C=O) groups is 1. The number of aromatic nitrogens is 2. The molecule has 3 unspecified atom stereocenters. The number of methoxy groups -OCH3 is 1. The van der Waals surface area contributed by atoms with E-state index in [-0.39, 0.29) is 29.3 Å². The van der Waals surface area contributed by atoms with Crippen molar-refractivity contribution in [1.82, 2.24) is 14.9 Å². The largest absolute Gasteiger partial charge is 0.444 e. The summed E-state index contributed by atoms with van der Waals surface area (Å²) in [5, 5.41) is 2.26. The number of piperidine rings is 1. The summed E-state index contributed by atoms with van der Waals surface area (Å²) >= 11 is 1.29. The number of alkyl halides is 3. The molecule has 12 heteroatoms. The summed E-state index contributed by atoms with van der Waals surface area (Å²) in [6.45, 7) is 6.46. The molecule has 188 valence electrons. The molecular weight excluding hydrogens is 485 g/mol. The number of halogens is 3. The van der Waals surface area contributed by atoms with Crippen molar-refractivity contribution in [2.24, 2.45) is 0 Å². The van der Waals surface area contributed by atoms with Crippen molar-refractivity contribution in [3.63, 3.8) is 0 Å². The molecule has 3 aromatic rings. The van der Waals surface area contributed by atoms with E-state index in [1.54, 1.807) is 16.5 Å². The van der Waals surface area contributed by atoms with Crippen molar-refractivity contribution >= 4 is 34.5 Å². The van der Waals surface area contributed by atoms with E-state index in [9.17, 15) is 18.0 Å². The van der Waals surface area contributed by atoms with Crippen LogP contribution < -0.4 is 4.90 Å². The topological polar surface area (TPSA) is 80.9 Å². The van der Waals surface area contributed by atoms with Crippen LogP contribution in [-0.4, -0.2) is 65.0 Å². The van der Waals surface area contributed by atoms with Gasteiger partial charge in [-0.2, -0.15) is 18.2 Å². The molecule has 3 aliphatic heterocycles. The van der Waals surface area contributed by atoms with Gasteiger partial charge in [-0.25, -0.2) is 9.78 Å². The minimum atomic E-state index is -4.59. The first kappa shape index (κ1) is 23.9. The standard InChI is InChI=1S/C23H25F3N4O4S/c1-22(2,3)34-21(31)30-13-9-14(30)11-29(10-13)20-28-16-8-12(18(32-4)23(24,25)26)7-15(17(16)33-20)19-27-5-6-35-19/h5-8,13-14,18H,9-11H2,1-4H3. The Morgan fingerprint density at radius 1 is 1.23 bits per heavy atom. The first-order chi connectivity index (χ1) is 16.4. The van der Waals surface area contributed by atoms with Crippen LogP contribution in [0.15, 0.2) is 28.1 Å². The van der Waals surface area contributed by atoms with Gasteiger partial charge in [0.25, 0.3) is 6.01 Å². The average Bonchev–Trinajstić information content (AvgIpc) is 3.41. The number of ether oxygens (including phenoxy) is 2. The van der Waals surface area contributed by atoms with E-state index in [4.69, 9.17) is 13.9 Å². The van der Waals surface area contributed by atoms with Gasteiger partial charge in [0.05, 0.1) is 17.6 Å². The van der Waals surface area contributed by atoms with Crippen molar-refractivity contribution in [1.29, 1.82) is 0 Å². The van der Waals surface area contributed by atoms with Crippen molar-refractivity contribution < 1.29 is 31.9 Å². The molecule has 3 atom stereocenters. The highest BCUT2D eigenvalue weighted by molar-refractivity contribution is 7.13. The molecule has 3 fully saturated rings. The maximum atomic E-state index is 13.6. The summed E-state index contributed by atoms with van der Waals surface area (Å²) < 4.78 is 57.2.